The first-order valence-corrected chi connectivity index (χ1v) is 7.11. The fourth-order valence-electron chi connectivity index (χ4n) is 1.75. The van der Waals surface area contributed by atoms with Gasteiger partial charge < -0.3 is 9.47 Å². The molecule has 0 saturated heterocycles. The summed E-state index contributed by atoms with van der Waals surface area (Å²) in [5.41, 5.74) is 1.47. The van der Waals surface area contributed by atoms with Gasteiger partial charge in [-0.1, -0.05) is 11.6 Å². The number of carbonyl (C=O) groups excluding carboxylic acids is 1. The Kier molecular flexibility index (Phi) is 4.57. The number of halogens is 1. The summed E-state index contributed by atoms with van der Waals surface area (Å²) in [5, 5.41) is 9.00. The summed E-state index contributed by atoms with van der Waals surface area (Å²) in [5.74, 6) is -0.417. The maximum atomic E-state index is 11.9. The molecule has 0 aromatic carbocycles. The Hall–Kier alpha value is -1.66. The number of esters is 1. The number of nitrogens with zero attached hydrogens (tertiary/aromatic N) is 2. The van der Waals surface area contributed by atoms with Crippen LogP contribution in [0.2, 0.25) is 5.15 Å². The summed E-state index contributed by atoms with van der Waals surface area (Å²) >= 11 is 7.23. The molecule has 106 valence electrons. The Morgan fingerprint density at radius 1 is 1.45 bits per heavy atom. The van der Waals surface area contributed by atoms with Gasteiger partial charge in [0.1, 0.15) is 9.71 Å². The van der Waals surface area contributed by atoms with Crippen LogP contribution in [0.1, 0.15) is 27.7 Å². The van der Waals surface area contributed by atoms with Crippen molar-refractivity contribution in [2.45, 2.75) is 13.8 Å². The van der Waals surface area contributed by atoms with Crippen LogP contribution in [0.25, 0.3) is 16.3 Å². The summed E-state index contributed by atoms with van der Waals surface area (Å²) in [6.07, 6.45) is 3.27. The summed E-state index contributed by atoms with van der Waals surface area (Å²) < 4.78 is 10.00. The summed E-state index contributed by atoms with van der Waals surface area (Å²) in [4.78, 5) is 13.0. The van der Waals surface area contributed by atoms with Crippen LogP contribution in [-0.2, 0) is 9.47 Å². The highest BCUT2D eigenvalue weighted by Gasteiger charge is 2.21. The van der Waals surface area contributed by atoms with Crippen LogP contribution in [0.5, 0.6) is 0 Å². The molecule has 0 aliphatic rings. The van der Waals surface area contributed by atoms with E-state index in [2.05, 4.69) is 10.2 Å². The van der Waals surface area contributed by atoms with Gasteiger partial charge in [0.05, 0.1) is 20.0 Å². The molecule has 0 unspecified atom stereocenters. The van der Waals surface area contributed by atoms with E-state index in [1.807, 2.05) is 13.8 Å². The molecule has 0 aliphatic heterocycles. The molecule has 0 bridgehead atoms. The lowest BCUT2D eigenvalue weighted by Crippen LogP contribution is -2.00. The van der Waals surface area contributed by atoms with Gasteiger partial charge in [0.25, 0.3) is 0 Å². The highest BCUT2D eigenvalue weighted by Crippen LogP contribution is 2.35. The molecule has 0 fully saturated rings. The van der Waals surface area contributed by atoms with Crippen LogP contribution in [-0.4, -0.2) is 29.9 Å². The first-order chi connectivity index (χ1) is 9.60. The number of ether oxygens (including phenoxy) is 2. The number of carbonyl (C=O) groups is 1. The third-order valence-electron chi connectivity index (χ3n) is 2.71. The minimum atomic E-state index is -0.417. The second kappa shape index (κ2) is 6.19. The van der Waals surface area contributed by atoms with E-state index in [1.165, 1.54) is 18.4 Å². The van der Waals surface area contributed by atoms with Crippen molar-refractivity contribution in [1.29, 1.82) is 0 Å². The van der Waals surface area contributed by atoms with Crippen molar-refractivity contribution >= 4 is 45.2 Å². The minimum Gasteiger partial charge on any atom is -0.501 e. The second-order valence-electron chi connectivity index (χ2n) is 3.89. The lowest BCUT2D eigenvalue weighted by Gasteiger charge is -2.01. The monoisotopic (exact) mass is 312 g/mol. The largest absolute Gasteiger partial charge is 0.501 e. The number of rotatable bonds is 4. The van der Waals surface area contributed by atoms with Gasteiger partial charge in [-0.2, -0.15) is 0 Å². The van der Waals surface area contributed by atoms with Gasteiger partial charge >= 0.3 is 5.97 Å². The molecule has 0 radical (unpaired) electrons. The van der Waals surface area contributed by atoms with Crippen molar-refractivity contribution in [3.63, 3.8) is 0 Å². The molecule has 5 nitrogen and oxygen atoms in total. The fraction of sp³-hybridized carbons (Fsp3) is 0.308. The smallest absolute Gasteiger partial charge is 0.348 e. The second-order valence-corrected chi connectivity index (χ2v) is 5.25. The van der Waals surface area contributed by atoms with E-state index < -0.39 is 5.97 Å². The Morgan fingerprint density at radius 3 is 2.85 bits per heavy atom. The molecule has 0 aliphatic carbocycles. The third kappa shape index (κ3) is 2.62. The fourth-order valence-corrected chi connectivity index (χ4v) is 2.97. The van der Waals surface area contributed by atoms with Gasteiger partial charge in [-0.15, -0.1) is 21.5 Å². The predicted molar refractivity (Wildman–Crippen MR) is 79.2 cm³/mol. The Morgan fingerprint density at radius 2 is 2.20 bits per heavy atom. The lowest BCUT2D eigenvalue weighted by atomic mass is 10.1. The first-order valence-electron chi connectivity index (χ1n) is 5.91. The molecule has 2 rings (SSSR count). The van der Waals surface area contributed by atoms with Crippen molar-refractivity contribution < 1.29 is 14.3 Å². The van der Waals surface area contributed by atoms with Gasteiger partial charge in [0.15, 0.2) is 5.15 Å². The Labute approximate surface area is 125 Å². The molecule has 0 spiro atoms. The molecular weight excluding hydrogens is 300 g/mol. The number of methoxy groups -OCH3 is 1. The maximum absolute atomic E-state index is 11.9. The zero-order chi connectivity index (χ0) is 14.7. The van der Waals surface area contributed by atoms with E-state index in [1.54, 1.807) is 12.3 Å². The van der Waals surface area contributed by atoms with Gasteiger partial charge in [-0.25, -0.2) is 4.79 Å². The molecule has 7 heteroatoms. The first kappa shape index (κ1) is 14.7. The van der Waals surface area contributed by atoms with Crippen LogP contribution in [0, 0.1) is 6.92 Å². The highest BCUT2D eigenvalue weighted by atomic mass is 35.5. The number of aryl methyl sites for hydroxylation is 1. The average molecular weight is 313 g/mol. The number of aromatic nitrogens is 2. The van der Waals surface area contributed by atoms with Crippen LogP contribution in [0.4, 0.5) is 0 Å². The normalized spacial score (nSPS) is 11.2. The molecular formula is C13H13ClN2O3S. The number of fused-ring (bicyclic) bond motifs is 1. The van der Waals surface area contributed by atoms with E-state index >= 15 is 0 Å². The zero-order valence-corrected chi connectivity index (χ0v) is 12.8. The number of hydrogen-bond acceptors (Lipinski definition) is 6. The SMILES string of the molecule is CCO/C=C/c1c(C(=O)OC)sc2nnc(Cl)c(C)c12. The van der Waals surface area contributed by atoms with Crippen LogP contribution in [0.15, 0.2) is 6.26 Å². The van der Waals surface area contributed by atoms with Gasteiger partial charge in [-0.3, -0.25) is 0 Å². The standard InChI is InChI=1S/C13H13ClN2O3S/c1-4-19-6-5-8-9-7(2)11(14)15-16-12(9)20-10(8)13(17)18-3/h5-6H,4H2,1-3H3/b6-5+. The summed E-state index contributed by atoms with van der Waals surface area (Å²) in [7, 11) is 1.34. The zero-order valence-electron chi connectivity index (χ0n) is 11.3. The molecule has 20 heavy (non-hydrogen) atoms. The summed E-state index contributed by atoms with van der Waals surface area (Å²) in [6.45, 7) is 4.27. The van der Waals surface area contributed by atoms with Crippen molar-refractivity contribution in [1.82, 2.24) is 10.2 Å². The predicted octanol–water partition coefficient (Wildman–Crippen LogP) is 3.45. The van der Waals surface area contributed by atoms with Crippen LogP contribution in [0.3, 0.4) is 0 Å². The van der Waals surface area contributed by atoms with E-state index in [4.69, 9.17) is 21.1 Å². The van der Waals surface area contributed by atoms with Gasteiger partial charge in [0.2, 0.25) is 0 Å². The van der Waals surface area contributed by atoms with E-state index in [9.17, 15) is 4.79 Å². The van der Waals surface area contributed by atoms with Crippen molar-refractivity contribution in [2.75, 3.05) is 13.7 Å². The Bertz CT molecular complexity index is 682. The van der Waals surface area contributed by atoms with Crippen LogP contribution >= 0.6 is 22.9 Å². The lowest BCUT2D eigenvalue weighted by molar-refractivity contribution is 0.0606. The number of thiophene rings is 1. The van der Waals surface area contributed by atoms with Crippen molar-refractivity contribution in [3.05, 3.63) is 27.4 Å². The van der Waals surface area contributed by atoms with Crippen molar-refractivity contribution in [2.24, 2.45) is 0 Å². The van der Waals surface area contributed by atoms with Crippen LogP contribution < -0.4 is 0 Å². The molecule has 0 N–H and O–H groups in total. The molecule has 0 saturated carbocycles. The molecule has 2 heterocycles. The minimum absolute atomic E-state index is 0.317. The van der Waals surface area contributed by atoms with Gasteiger partial charge in [0, 0.05) is 10.9 Å². The summed E-state index contributed by atoms with van der Waals surface area (Å²) in [6, 6.07) is 0. The quantitative estimate of drug-likeness (QED) is 0.639. The van der Waals surface area contributed by atoms with E-state index in [0.717, 1.165) is 10.9 Å². The number of hydrogen-bond donors (Lipinski definition) is 0. The maximum Gasteiger partial charge on any atom is 0.348 e. The third-order valence-corrected chi connectivity index (χ3v) is 4.14. The van der Waals surface area contributed by atoms with E-state index in [-0.39, 0.29) is 0 Å². The topological polar surface area (TPSA) is 61.3 Å². The molecule has 2 aromatic rings. The van der Waals surface area contributed by atoms with Crippen molar-refractivity contribution in [3.8, 4) is 0 Å². The van der Waals surface area contributed by atoms with E-state index in [0.29, 0.717) is 27.0 Å². The highest BCUT2D eigenvalue weighted by molar-refractivity contribution is 7.20. The average Bonchev–Trinajstić information content (AvgIpc) is 2.82. The molecule has 0 amide bonds. The molecule has 0 atom stereocenters. The Balaban J connectivity index is 2.69. The molecule has 2 aromatic heterocycles. The van der Waals surface area contributed by atoms with Gasteiger partial charge in [-0.05, 0) is 25.5 Å².